The summed E-state index contributed by atoms with van der Waals surface area (Å²) in [6.45, 7) is 0. The maximum Gasteiger partial charge on any atom is 0.145 e. The van der Waals surface area contributed by atoms with Crippen molar-refractivity contribution < 1.29 is 8.83 Å². The lowest BCUT2D eigenvalue weighted by molar-refractivity contribution is 0.669. The summed E-state index contributed by atoms with van der Waals surface area (Å²) in [5, 5.41) is 9.37. The molecule has 0 bridgehead atoms. The van der Waals surface area contributed by atoms with Crippen molar-refractivity contribution >= 4 is 97.2 Å². The maximum atomic E-state index is 6.90. The first-order chi connectivity index (χ1) is 19.8. The van der Waals surface area contributed by atoms with Crippen molar-refractivity contribution in [2.75, 3.05) is 0 Å². The predicted octanol–water partition coefficient (Wildman–Crippen LogP) is 11.0. The van der Waals surface area contributed by atoms with Gasteiger partial charge in [0.05, 0.1) is 16.4 Å². The Morgan fingerprint density at radius 1 is 0.450 bits per heavy atom. The van der Waals surface area contributed by atoms with Gasteiger partial charge in [0.2, 0.25) is 0 Å². The van der Waals surface area contributed by atoms with Gasteiger partial charge in [0.25, 0.3) is 0 Å². The lowest BCUT2D eigenvalue weighted by Crippen LogP contribution is -1.93. The second-order valence-corrected chi connectivity index (χ2v) is 11.6. The summed E-state index contributed by atoms with van der Waals surface area (Å²) >= 11 is 1.82. The Kier molecular flexibility index (Phi) is 3.81. The van der Waals surface area contributed by atoms with Crippen LogP contribution >= 0.6 is 11.3 Å². The minimum Gasteiger partial charge on any atom is -0.456 e. The number of hydrogen-bond donors (Lipinski definition) is 0. The van der Waals surface area contributed by atoms with E-state index in [1.54, 1.807) is 0 Å². The van der Waals surface area contributed by atoms with E-state index in [2.05, 4.69) is 108 Å². The summed E-state index contributed by atoms with van der Waals surface area (Å²) in [5.41, 5.74) is 7.12. The Morgan fingerprint density at radius 2 is 1.18 bits per heavy atom. The second-order valence-electron chi connectivity index (χ2n) is 10.5. The molecule has 0 aliphatic rings. The first-order valence-electron chi connectivity index (χ1n) is 13.4. The Morgan fingerprint density at radius 3 is 2.10 bits per heavy atom. The maximum absolute atomic E-state index is 6.90. The SMILES string of the molecule is c1ccc2c(c1)oc1ccc(-n3c4ccccc4c4c5oc6c(ccc7sc8ccccc8c76)c5ccc43)cc12. The molecule has 0 spiro atoms. The van der Waals surface area contributed by atoms with Crippen molar-refractivity contribution in [3.05, 3.63) is 115 Å². The fraction of sp³-hybridized carbons (Fsp3) is 0. The van der Waals surface area contributed by atoms with Crippen molar-refractivity contribution in [3.63, 3.8) is 0 Å². The Labute approximate surface area is 231 Å². The van der Waals surface area contributed by atoms with Crippen molar-refractivity contribution in [2.24, 2.45) is 0 Å². The highest BCUT2D eigenvalue weighted by Gasteiger charge is 2.21. The number of para-hydroxylation sites is 2. The highest BCUT2D eigenvalue weighted by Crippen LogP contribution is 2.45. The standard InChI is InChI=1S/C36H19NO2S/c1-4-10-27-24(8-1)33-28(37(27)20-13-17-30-26(19-20)21-7-2-5-11-29(21)38-30)16-14-22-23-15-18-32-34(36(23)39-35(22)33)25-9-3-6-12-31(25)40-32/h1-19H. The largest absolute Gasteiger partial charge is 0.456 e. The van der Waals surface area contributed by atoms with Crippen molar-refractivity contribution in [1.29, 1.82) is 0 Å². The third kappa shape index (κ3) is 2.54. The first-order valence-corrected chi connectivity index (χ1v) is 14.3. The van der Waals surface area contributed by atoms with Crippen LogP contribution < -0.4 is 0 Å². The average molecular weight is 530 g/mol. The summed E-state index contributed by atoms with van der Waals surface area (Å²) in [7, 11) is 0. The van der Waals surface area contributed by atoms with Gasteiger partial charge in [-0.2, -0.15) is 0 Å². The molecule has 4 heteroatoms. The molecule has 0 radical (unpaired) electrons. The zero-order valence-electron chi connectivity index (χ0n) is 21.1. The molecule has 6 aromatic carbocycles. The number of fused-ring (bicyclic) bond motifs is 14. The number of aromatic nitrogens is 1. The summed E-state index contributed by atoms with van der Waals surface area (Å²) in [5.74, 6) is 0. The second kappa shape index (κ2) is 7.32. The lowest BCUT2D eigenvalue weighted by Gasteiger charge is -2.08. The smallest absolute Gasteiger partial charge is 0.145 e. The zero-order chi connectivity index (χ0) is 25.9. The summed E-state index contributed by atoms with van der Waals surface area (Å²) < 4.78 is 17.9. The van der Waals surface area contributed by atoms with Crippen LogP contribution in [0.25, 0.3) is 91.5 Å². The van der Waals surface area contributed by atoms with E-state index in [9.17, 15) is 0 Å². The van der Waals surface area contributed by atoms with Gasteiger partial charge in [0, 0.05) is 52.8 Å². The quantitative estimate of drug-likeness (QED) is 0.212. The molecule has 10 rings (SSSR count). The van der Waals surface area contributed by atoms with E-state index in [0.717, 1.165) is 66.0 Å². The Balaban J connectivity index is 1.35. The van der Waals surface area contributed by atoms with Gasteiger partial charge in [-0.15, -0.1) is 11.3 Å². The molecule has 40 heavy (non-hydrogen) atoms. The van der Waals surface area contributed by atoms with Crippen LogP contribution in [0.5, 0.6) is 0 Å². The number of nitrogens with zero attached hydrogens (tertiary/aromatic N) is 1. The summed E-state index contributed by atoms with van der Waals surface area (Å²) in [4.78, 5) is 0. The molecule has 0 aliphatic heterocycles. The third-order valence-corrected chi connectivity index (χ3v) is 9.54. The molecule has 10 aromatic rings. The van der Waals surface area contributed by atoms with Crippen LogP contribution in [0.15, 0.2) is 124 Å². The van der Waals surface area contributed by atoms with Crippen LogP contribution in [0.2, 0.25) is 0 Å². The van der Waals surface area contributed by atoms with E-state index in [0.29, 0.717) is 0 Å². The molecule has 4 heterocycles. The molecule has 0 aliphatic carbocycles. The first kappa shape index (κ1) is 20.8. The van der Waals surface area contributed by atoms with Gasteiger partial charge >= 0.3 is 0 Å². The van der Waals surface area contributed by atoms with Crippen molar-refractivity contribution in [1.82, 2.24) is 4.57 Å². The van der Waals surface area contributed by atoms with Crippen LogP contribution in [0, 0.1) is 0 Å². The molecule has 0 atom stereocenters. The van der Waals surface area contributed by atoms with Gasteiger partial charge in [0.15, 0.2) is 0 Å². The lowest BCUT2D eigenvalue weighted by atomic mass is 10.1. The molecule has 0 unspecified atom stereocenters. The van der Waals surface area contributed by atoms with Gasteiger partial charge in [0.1, 0.15) is 22.3 Å². The van der Waals surface area contributed by atoms with Crippen molar-refractivity contribution in [3.8, 4) is 5.69 Å². The number of rotatable bonds is 1. The van der Waals surface area contributed by atoms with Crippen LogP contribution in [-0.4, -0.2) is 4.57 Å². The summed E-state index contributed by atoms with van der Waals surface area (Å²) in [6.07, 6.45) is 0. The molecular formula is C36H19NO2S. The number of furan rings is 2. The van der Waals surface area contributed by atoms with Gasteiger partial charge in [-0.3, -0.25) is 0 Å². The third-order valence-electron chi connectivity index (χ3n) is 8.40. The van der Waals surface area contributed by atoms with E-state index in [1.807, 2.05) is 23.5 Å². The number of thiophene rings is 1. The molecular weight excluding hydrogens is 510 g/mol. The van der Waals surface area contributed by atoms with E-state index >= 15 is 0 Å². The van der Waals surface area contributed by atoms with Crippen molar-refractivity contribution in [2.45, 2.75) is 0 Å². The van der Waals surface area contributed by atoms with E-state index < -0.39 is 0 Å². The molecule has 3 nitrogen and oxygen atoms in total. The zero-order valence-corrected chi connectivity index (χ0v) is 22.0. The van der Waals surface area contributed by atoms with Crippen LogP contribution in [0.3, 0.4) is 0 Å². The average Bonchev–Trinajstić information content (AvgIpc) is 3.74. The Bertz CT molecular complexity index is 2660. The minimum atomic E-state index is 0.900. The number of hydrogen-bond acceptors (Lipinski definition) is 3. The van der Waals surface area contributed by atoms with Gasteiger partial charge in [-0.05, 0) is 60.7 Å². The predicted molar refractivity (Wildman–Crippen MR) is 168 cm³/mol. The fourth-order valence-electron chi connectivity index (χ4n) is 6.68. The van der Waals surface area contributed by atoms with Gasteiger partial charge in [-0.25, -0.2) is 0 Å². The highest BCUT2D eigenvalue weighted by atomic mass is 32.1. The molecule has 0 fully saturated rings. The van der Waals surface area contributed by atoms with E-state index in [1.165, 1.54) is 25.6 Å². The monoisotopic (exact) mass is 529 g/mol. The molecule has 186 valence electrons. The molecule has 0 N–H and O–H groups in total. The van der Waals surface area contributed by atoms with E-state index in [-0.39, 0.29) is 0 Å². The Hall–Kier alpha value is -5.06. The topological polar surface area (TPSA) is 31.2 Å². The van der Waals surface area contributed by atoms with Gasteiger partial charge < -0.3 is 13.4 Å². The van der Waals surface area contributed by atoms with E-state index in [4.69, 9.17) is 8.83 Å². The molecule has 0 saturated carbocycles. The van der Waals surface area contributed by atoms with Gasteiger partial charge in [-0.1, -0.05) is 54.6 Å². The normalized spacial score (nSPS) is 12.5. The minimum absolute atomic E-state index is 0.900. The van der Waals surface area contributed by atoms with Crippen LogP contribution in [0.4, 0.5) is 0 Å². The molecule has 4 aromatic heterocycles. The highest BCUT2D eigenvalue weighted by molar-refractivity contribution is 7.26. The summed E-state index contributed by atoms with van der Waals surface area (Å²) in [6, 6.07) is 40.9. The van der Waals surface area contributed by atoms with Crippen LogP contribution in [-0.2, 0) is 0 Å². The number of benzene rings is 6. The fourth-order valence-corrected chi connectivity index (χ4v) is 7.79. The molecule has 0 amide bonds. The molecule has 0 saturated heterocycles. The van der Waals surface area contributed by atoms with Crippen LogP contribution in [0.1, 0.15) is 0 Å².